The Balaban J connectivity index is 1.77. The molecule has 2 nitrogen and oxygen atoms in total. The van der Waals surface area contributed by atoms with Gasteiger partial charge in [0.15, 0.2) is 0 Å². The third-order valence-corrected chi connectivity index (χ3v) is 3.84. The number of rotatable bonds is 3. The lowest BCUT2D eigenvalue weighted by atomic mass is 10.1. The fourth-order valence-electron chi connectivity index (χ4n) is 2.12. The monoisotopic (exact) mass is 210 g/mol. The smallest absolute Gasteiger partial charge is 0.0897 e. The van der Waals surface area contributed by atoms with Crippen LogP contribution in [0.2, 0.25) is 0 Å². The van der Waals surface area contributed by atoms with Crippen LogP contribution < -0.4 is 5.32 Å². The molecule has 0 spiro atoms. The molecular formula is C11H18N2S. The molecule has 14 heavy (non-hydrogen) atoms. The molecule has 2 rings (SSSR count). The second-order valence-electron chi connectivity index (χ2n) is 4.34. The standard InChI is InChI=1S/C11H18N2S/c1-8-3-4-10(5-8)13-7-11-6-12-9(2)14-11/h6,8,10,13H,3-5,7H2,1-2H3. The Hall–Kier alpha value is -0.410. The number of nitrogens with zero attached hydrogens (tertiary/aromatic N) is 1. The van der Waals surface area contributed by atoms with Crippen molar-refractivity contribution in [2.75, 3.05) is 0 Å². The van der Waals surface area contributed by atoms with Crippen molar-refractivity contribution in [3.8, 4) is 0 Å². The van der Waals surface area contributed by atoms with Crippen LogP contribution in [-0.4, -0.2) is 11.0 Å². The highest BCUT2D eigenvalue weighted by Gasteiger charge is 2.20. The van der Waals surface area contributed by atoms with Crippen molar-refractivity contribution in [1.29, 1.82) is 0 Å². The molecule has 0 radical (unpaired) electrons. The summed E-state index contributed by atoms with van der Waals surface area (Å²) in [4.78, 5) is 5.62. The molecule has 1 saturated carbocycles. The second kappa shape index (κ2) is 4.41. The van der Waals surface area contributed by atoms with Crippen molar-refractivity contribution in [3.05, 3.63) is 16.1 Å². The number of thiazole rings is 1. The van der Waals surface area contributed by atoms with E-state index in [-0.39, 0.29) is 0 Å². The molecule has 1 heterocycles. The van der Waals surface area contributed by atoms with Crippen LogP contribution in [0.5, 0.6) is 0 Å². The molecule has 0 aliphatic heterocycles. The van der Waals surface area contributed by atoms with Crippen LogP contribution in [0.15, 0.2) is 6.20 Å². The first-order chi connectivity index (χ1) is 6.74. The van der Waals surface area contributed by atoms with E-state index in [9.17, 15) is 0 Å². The second-order valence-corrected chi connectivity index (χ2v) is 5.66. The maximum absolute atomic E-state index is 4.26. The van der Waals surface area contributed by atoms with E-state index in [1.54, 1.807) is 11.3 Å². The van der Waals surface area contributed by atoms with Gasteiger partial charge in [-0.1, -0.05) is 6.92 Å². The van der Waals surface area contributed by atoms with Crippen LogP contribution in [0, 0.1) is 12.8 Å². The number of hydrogen-bond acceptors (Lipinski definition) is 3. The molecule has 1 aliphatic carbocycles. The number of nitrogens with one attached hydrogen (secondary N) is 1. The summed E-state index contributed by atoms with van der Waals surface area (Å²) in [5, 5.41) is 4.78. The van der Waals surface area contributed by atoms with E-state index in [0.717, 1.165) is 18.5 Å². The summed E-state index contributed by atoms with van der Waals surface area (Å²) in [6, 6.07) is 0.743. The minimum Gasteiger partial charge on any atom is -0.309 e. The van der Waals surface area contributed by atoms with E-state index in [0.29, 0.717) is 0 Å². The molecule has 1 aromatic heterocycles. The highest BCUT2D eigenvalue weighted by molar-refractivity contribution is 7.11. The van der Waals surface area contributed by atoms with E-state index in [4.69, 9.17) is 0 Å². The summed E-state index contributed by atoms with van der Waals surface area (Å²) in [7, 11) is 0. The molecule has 0 amide bonds. The van der Waals surface area contributed by atoms with E-state index >= 15 is 0 Å². The predicted molar refractivity (Wildman–Crippen MR) is 60.5 cm³/mol. The van der Waals surface area contributed by atoms with Gasteiger partial charge in [0.25, 0.3) is 0 Å². The molecule has 3 heteroatoms. The van der Waals surface area contributed by atoms with E-state index in [1.165, 1.54) is 29.1 Å². The first-order valence-corrected chi connectivity index (χ1v) is 6.20. The van der Waals surface area contributed by atoms with Gasteiger partial charge in [0.1, 0.15) is 0 Å². The van der Waals surface area contributed by atoms with E-state index < -0.39 is 0 Å². The third-order valence-electron chi connectivity index (χ3n) is 2.93. The zero-order chi connectivity index (χ0) is 9.97. The molecule has 1 aromatic rings. The third kappa shape index (κ3) is 2.55. The van der Waals surface area contributed by atoms with Gasteiger partial charge in [-0.25, -0.2) is 4.98 Å². The van der Waals surface area contributed by atoms with Gasteiger partial charge in [-0.3, -0.25) is 0 Å². The van der Waals surface area contributed by atoms with Crippen LogP contribution in [-0.2, 0) is 6.54 Å². The predicted octanol–water partition coefficient (Wildman–Crippen LogP) is 2.73. The van der Waals surface area contributed by atoms with Crippen molar-refractivity contribution >= 4 is 11.3 Å². The van der Waals surface area contributed by atoms with Gasteiger partial charge in [-0.05, 0) is 32.1 Å². The van der Waals surface area contributed by atoms with Gasteiger partial charge < -0.3 is 5.32 Å². The van der Waals surface area contributed by atoms with Crippen molar-refractivity contribution in [3.63, 3.8) is 0 Å². The Kier molecular flexibility index (Phi) is 3.19. The summed E-state index contributed by atoms with van der Waals surface area (Å²) in [5.74, 6) is 0.913. The summed E-state index contributed by atoms with van der Waals surface area (Å²) in [6.45, 7) is 5.41. The molecular weight excluding hydrogens is 192 g/mol. The lowest BCUT2D eigenvalue weighted by Gasteiger charge is -2.10. The molecule has 1 fully saturated rings. The maximum Gasteiger partial charge on any atom is 0.0897 e. The summed E-state index contributed by atoms with van der Waals surface area (Å²) in [5.41, 5.74) is 0. The minimum absolute atomic E-state index is 0.743. The molecule has 0 aromatic carbocycles. The topological polar surface area (TPSA) is 24.9 Å². The molecule has 78 valence electrons. The highest BCUT2D eigenvalue weighted by Crippen LogP contribution is 2.25. The SMILES string of the molecule is Cc1ncc(CNC2CCC(C)C2)s1. The van der Waals surface area contributed by atoms with Gasteiger partial charge in [0, 0.05) is 23.7 Å². The lowest BCUT2D eigenvalue weighted by Crippen LogP contribution is -2.25. The summed E-state index contributed by atoms with van der Waals surface area (Å²) >= 11 is 1.80. The maximum atomic E-state index is 4.26. The Labute approximate surface area is 89.8 Å². The minimum atomic E-state index is 0.743. The van der Waals surface area contributed by atoms with Crippen LogP contribution >= 0.6 is 11.3 Å². The van der Waals surface area contributed by atoms with Crippen LogP contribution in [0.3, 0.4) is 0 Å². The molecule has 2 unspecified atom stereocenters. The lowest BCUT2D eigenvalue weighted by molar-refractivity contribution is 0.504. The fraction of sp³-hybridized carbons (Fsp3) is 0.727. The first-order valence-electron chi connectivity index (χ1n) is 5.38. The van der Waals surface area contributed by atoms with Gasteiger partial charge >= 0.3 is 0 Å². The van der Waals surface area contributed by atoms with Gasteiger partial charge in [0.05, 0.1) is 5.01 Å². The summed E-state index contributed by atoms with van der Waals surface area (Å²) in [6.07, 6.45) is 6.07. The normalized spacial score (nSPS) is 27.0. The summed E-state index contributed by atoms with van der Waals surface area (Å²) < 4.78 is 0. The largest absolute Gasteiger partial charge is 0.309 e. The average Bonchev–Trinajstić information content (AvgIpc) is 2.72. The van der Waals surface area contributed by atoms with Crippen molar-refractivity contribution in [1.82, 2.24) is 10.3 Å². The van der Waals surface area contributed by atoms with Gasteiger partial charge in [-0.15, -0.1) is 11.3 Å². The zero-order valence-electron chi connectivity index (χ0n) is 8.92. The molecule has 2 atom stereocenters. The molecule has 1 aliphatic rings. The zero-order valence-corrected chi connectivity index (χ0v) is 9.73. The van der Waals surface area contributed by atoms with E-state index in [1.807, 2.05) is 6.20 Å². The Bertz CT molecular complexity index is 295. The van der Waals surface area contributed by atoms with Crippen molar-refractivity contribution in [2.45, 2.75) is 45.7 Å². The van der Waals surface area contributed by atoms with Gasteiger partial charge in [-0.2, -0.15) is 0 Å². The number of aryl methyl sites for hydroxylation is 1. The molecule has 1 N–H and O–H groups in total. The van der Waals surface area contributed by atoms with Crippen LogP contribution in [0.4, 0.5) is 0 Å². The number of aromatic nitrogens is 1. The van der Waals surface area contributed by atoms with Crippen LogP contribution in [0.1, 0.15) is 36.1 Å². The Morgan fingerprint density at radius 1 is 1.57 bits per heavy atom. The van der Waals surface area contributed by atoms with Crippen molar-refractivity contribution in [2.24, 2.45) is 5.92 Å². The molecule has 0 bridgehead atoms. The average molecular weight is 210 g/mol. The van der Waals surface area contributed by atoms with Gasteiger partial charge in [0.2, 0.25) is 0 Å². The Morgan fingerprint density at radius 2 is 2.43 bits per heavy atom. The quantitative estimate of drug-likeness (QED) is 0.829. The van der Waals surface area contributed by atoms with Crippen LogP contribution in [0.25, 0.3) is 0 Å². The highest BCUT2D eigenvalue weighted by atomic mass is 32.1. The molecule has 0 saturated heterocycles. The Morgan fingerprint density at radius 3 is 3.00 bits per heavy atom. The first kappa shape index (κ1) is 10.1. The fourth-order valence-corrected chi connectivity index (χ4v) is 2.87. The van der Waals surface area contributed by atoms with Crippen molar-refractivity contribution < 1.29 is 0 Å². The number of hydrogen-bond donors (Lipinski definition) is 1. The van der Waals surface area contributed by atoms with E-state index in [2.05, 4.69) is 24.1 Å².